The van der Waals surface area contributed by atoms with Crippen molar-refractivity contribution >= 4 is 11.9 Å². The quantitative estimate of drug-likeness (QED) is 0.806. The van der Waals surface area contributed by atoms with E-state index in [0.29, 0.717) is 17.2 Å². The number of benzene rings is 1. The van der Waals surface area contributed by atoms with Crippen LogP contribution < -0.4 is 5.32 Å². The Hall–Kier alpha value is -2.63. The van der Waals surface area contributed by atoms with Gasteiger partial charge in [-0.05, 0) is 69.9 Å². The van der Waals surface area contributed by atoms with E-state index >= 15 is 0 Å². The molecule has 1 N–H and O–H groups in total. The summed E-state index contributed by atoms with van der Waals surface area (Å²) < 4.78 is 20.2. The number of nitrogens with one attached hydrogen (secondary N) is 1. The fourth-order valence-corrected chi connectivity index (χ4v) is 3.18. The number of esters is 1. The molecule has 1 saturated carbocycles. The van der Waals surface area contributed by atoms with Crippen molar-refractivity contribution in [3.63, 3.8) is 0 Å². The van der Waals surface area contributed by atoms with Gasteiger partial charge in [-0.1, -0.05) is 0 Å². The Balaban J connectivity index is 1.67. The molecule has 0 aliphatic heterocycles. The fraction of sp³-hybridized carbons (Fsp3) is 0.400. The molecule has 2 aromatic rings. The van der Waals surface area contributed by atoms with Crippen LogP contribution >= 0.6 is 0 Å². The van der Waals surface area contributed by atoms with E-state index in [2.05, 4.69) is 5.32 Å². The summed E-state index contributed by atoms with van der Waals surface area (Å²) in [6.07, 6.45) is 2.27. The van der Waals surface area contributed by atoms with Crippen molar-refractivity contribution in [1.29, 1.82) is 0 Å². The van der Waals surface area contributed by atoms with Gasteiger partial charge in [0.05, 0.1) is 5.56 Å². The van der Waals surface area contributed by atoms with E-state index in [1.807, 2.05) is 18.4 Å². The lowest BCUT2D eigenvalue weighted by molar-refractivity contribution is -0.124. The minimum atomic E-state index is -0.541. The summed E-state index contributed by atoms with van der Waals surface area (Å²) in [6.45, 7) is 5.32. The number of rotatable bonds is 6. The third-order valence-corrected chi connectivity index (χ3v) is 4.79. The second-order valence-electron chi connectivity index (χ2n) is 6.87. The van der Waals surface area contributed by atoms with Gasteiger partial charge in [-0.2, -0.15) is 0 Å². The van der Waals surface area contributed by atoms with Crippen LogP contribution in [-0.2, 0) is 9.53 Å². The number of hydrogen-bond donors (Lipinski definition) is 1. The second-order valence-corrected chi connectivity index (χ2v) is 6.87. The van der Waals surface area contributed by atoms with Gasteiger partial charge in [-0.3, -0.25) is 4.79 Å². The fourth-order valence-electron chi connectivity index (χ4n) is 3.18. The highest BCUT2D eigenvalue weighted by Crippen LogP contribution is 2.32. The summed E-state index contributed by atoms with van der Waals surface area (Å²) >= 11 is 0. The van der Waals surface area contributed by atoms with Crippen LogP contribution in [-0.4, -0.2) is 29.1 Å². The molecule has 1 aromatic heterocycles. The van der Waals surface area contributed by atoms with Crippen molar-refractivity contribution in [3.05, 3.63) is 53.1 Å². The van der Waals surface area contributed by atoms with Crippen LogP contribution in [0.4, 0.5) is 4.39 Å². The van der Waals surface area contributed by atoms with Crippen LogP contribution in [0.2, 0.25) is 0 Å². The molecule has 1 amide bonds. The summed E-state index contributed by atoms with van der Waals surface area (Å²) in [6, 6.07) is 7.87. The Morgan fingerprint density at radius 2 is 1.92 bits per heavy atom. The maximum absolute atomic E-state index is 13.1. The summed E-state index contributed by atoms with van der Waals surface area (Å²) in [5, 5.41) is 2.85. The number of carbonyl (C=O) groups is 2. The smallest absolute Gasteiger partial charge is 0.340 e. The normalized spacial score (nSPS) is 14.8. The number of halogens is 1. The molecule has 1 unspecified atom stereocenters. The number of aryl methyl sites for hydroxylation is 1. The molecule has 0 bridgehead atoms. The Labute approximate surface area is 152 Å². The maximum atomic E-state index is 13.1. The molecule has 1 aliphatic carbocycles. The number of amides is 1. The summed E-state index contributed by atoms with van der Waals surface area (Å²) in [5.41, 5.74) is 2.67. The molecular formula is C20H23FN2O3. The van der Waals surface area contributed by atoms with Gasteiger partial charge in [-0.25, -0.2) is 9.18 Å². The zero-order valence-electron chi connectivity index (χ0n) is 15.2. The van der Waals surface area contributed by atoms with Crippen LogP contribution in [0.25, 0.3) is 5.69 Å². The number of aromatic nitrogens is 1. The number of ether oxygens (including phenoxy) is 1. The summed E-state index contributed by atoms with van der Waals surface area (Å²) in [7, 11) is 0. The van der Waals surface area contributed by atoms with Gasteiger partial charge in [0.2, 0.25) is 0 Å². The third-order valence-electron chi connectivity index (χ3n) is 4.79. The number of hydrogen-bond acceptors (Lipinski definition) is 3. The highest BCUT2D eigenvalue weighted by Gasteiger charge is 2.29. The van der Waals surface area contributed by atoms with E-state index in [1.165, 1.54) is 12.1 Å². The van der Waals surface area contributed by atoms with Crippen molar-refractivity contribution in [2.75, 3.05) is 6.61 Å². The van der Waals surface area contributed by atoms with Gasteiger partial charge in [0, 0.05) is 23.1 Å². The van der Waals surface area contributed by atoms with Crippen LogP contribution in [0, 0.1) is 25.6 Å². The predicted molar refractivity (Wildman–Crippen MR) is 95.8 cm³/mol. The first-order valence-corrected chi connectivity index (χ1v) is 8.78. The summed E-state index contributed by atoms with van der Waals surface area (Å²) in [5.74, 6) is -0.600. The molecule has 1 atom stereocenters. The second kappa shape index (κ2) is 7.32. The minimum Gasteiger partial charge on any atom is -0.452 e. The Bertz CT molecular complexity index is 822. The van der Waals surface area contributed by atoms with Crippen molar-refractivity contribution in [1.82, 2.24) is 9.88 Å². The van der Waals surface area contributed by atoms with Gasteiger partial charge >= 0.3 is 5.97 Å². The SMILES string of the molecule is Cc1cc(C(=O)OCC(=O)NC(C)C2CC2)c(C)n1-c1ccc(F)cc1. The molecule has 26 heavy (non-hydrogen) atoms. The molecule has 1 aliphatic rings. The van der Waals surface area contributed by atoms with E-state index in [-0.39, 0.29) is 24.4 Å². The lowest BCUT2D eigenvalue weighted by Gasteiger charge is -2.13. The van der Waals surface area contributed by atoms with Crippen LogP contribution in [0.5, 0.6) is 0 Å². The van der Waals surface area contributed by atoms with Crippen molar-refractivity contribution in [2.45, 2.75) is 39.7 Å². The van der Waals surface area contributed by atoms with Crippen molar-refractivity contribution < 1.29 is 18.7 Å². The third kappa shape index (κ3) is 3.95. The highest BCUT2D eigenvalue weighted by molar-refractivity contribution is 5.93. The monoisotopic (exact) mass is 358 g/mol. The molecule has 1 fully saturated rings. The van der Waals surface area contributed by atoms with E-state index < -0.39 is 5.97 Å². The first-order chi connectivity index (χ1) is 12.4. The first kappa shape index (κ1) is 18.2. The topological polar surface area (TPSA) is 60.3 Å². The van der Waals surface area contributed by atoms with E-state index in [1.54, 1.807) is 25.1 Å². The van der Waals surface area contributed by atoms with Gasteiger partial charge in [0.1, 0.15) is 5.82 Å². The lowest BCUT2D eigenvalue weighted by Crippen LogP contribution is -2.37. The van der Waals surface area contributed by atoms with Crippen LogP contribution in [0.15, 0.2) is 30.3 Å². The molecule has 0 spiro atoms. The molecule has 138 valence electrons. The molecule has 0 saturated heterocycles. The Morgan fingerprint density at radius 3 is 2.54 bits per heavy atom. The lowest BCUT2D eigenvalue weighted by atomic mass is 10.2. The molecule has 1 aromatic carbocycles. The van der Waals surface area contributed by atoms with Gasteiger partial charge in [0.15, 0.2) is 6.61 Å². The van der Waals surface area contributed by atoms with E-state index in [4.69, 9.17) is 4.74 Å². The molecule has 0 radical (unpaired) electrons. The molecule has 1 heterocycles. The average molecular weight is 358 g/mol. The first-order valence-electron chi connectivity index (χ1n) is 8.78. The average Bonchev–Trinajstić information content (AvgIpc) is 3.40. The molecule has 5 nitrogen and oxygen atoms in total. The molecule has 6 heteroatoms. The summed E-state index contributed by atoms with van der Waals surface area (Å²) in [4.78, 5) is 24.3. The predicted octanol–water partition coefficient (Wildman–Crippen LogP) is 3.30. The number of nitrogens with zero attached hydrogens (tertiary/aromatic N) is 1. The largest absolute Gasteiger partial charge is 0.452 e. The van der Waals surface area contributed by atoms with Crippen molar-refractivity contribution in [3.8, 4) is 5.69 Å². The highest BCUT2D eigenvalue weighted by atomic mass is 19.1. The van der Waals surface area contributed by atoms with Crippen LogP contribution in [0.3, 0.4) is 0 Å². The van der Waals surface area contributed by atoms with Gasteiger partial charge in [0.25, 0.3) is 5.91 Å². The zero-order chi connectivity index (χ0) is 18.8. The number of carbonyl (C=O) groups excluding carboxylic acids is 2. The van der Waals surface area contributed by atoms with Gasteiger partial charge in [-0.15, -0.1) is 0 Å². The standard InChI is InChI=1S/C20H23FN2O3/c1-12-10-18(14(3)23(12)17-8-6-16(21)7-9-17)20(25)26-11-19(24)22-13(2)15-4-5-15/h6-10,13,15H,4-5,11H2,1-3H3,(H,22,24). The molecule has 3 rings (SSSR count). The Kier molecular flexibility index (Phi) is 5.11. The minimum absolute atomic E-state index is 0.116. The van der Waals surface area contributed by atoms with E-state index in [0.717, 1.165) is 24.2 Å². The van der Waals surface area contributed by atoms with E-state index in [9.17, 15) is 14.0 Å². The molecular weight excluding hydrogens is 335 g/mol. The van der Waals surface area contributed by atoms with Gasteiger partial charge < -0.3 is 14.6 Å². The maximum Gasteiger partial charge on any atom is 0.340 e. The zero-order valence-corrected chi connectivity index (χ0v) is 15.2. The Morgan fingerprint density at radius 1 is 1.27 bits per heavy atom. The van der Waals surface area contributed by atoms with Crippen LogP contribution in [0.1, 0.15) is 41.5 Å². The van der Waals surface area contributed by atoms with Crippen molar-refractivity contribution in [2.24, 2.45) is 5.92 Å².